The maximum Gasteiger partial charge on any atom is 0.291 e. The number of carbonyl (C=O) groups excluding carboxylic acids is 2. The van der Waals surface area contributed by atoms with Gasteiger partial charge in [-0.05, 0) is 65.9 Å². The number of hydrogen-bond acceptors (Lipinski definition) is 5. The summed E-state index contributed by atoms with van der Waals surface area (Å²) in [4.78, 5) is 24.4. The Labute approximate surface area is 175 Å². The number of rotatable bonds is 7. The van der Waals surface area contributed by atoms with Crippen LogP contribution >= 0.6 is 22.6 Å². The average molecular weight is 494 g/mol. The number of nitrogens with zero attached hydrogens (tertiary/aromatic N) is 2. The zero-order valence-corrected chi connectivity index (χ0v) is 17.5. The Morgan fingerprint density at radius 2 is 1.93 bits per heavy atom. The van der Waals surface area contributed by atoms with Crippen molar-refractivity contribution >= 4 is 40.1 Å². The topological polar surface area (TPSA) is 98.4 Å². The normalized spacial score (nSPS) is 10.5. The third-order valence-corrected chi connectivity index (χ3v) is 4.58. The van der Waals surface area contributed by atoms with E-state index in [0.717, 1.165) is 3.57 Å². The van der Waals surface area contributed by atoms with Gasteiger partial charge >= 0.3 is 0 Å². The molecular weight excluding hydrogens is 475 g/mol. The Hall–Kier alpha value is -2.82. The van der Waals surface area contributed by atoms with Crippen LogP contribution in [0, 0.1) is 3.57 Å². The van der Waals surface area contributed by atoms with Gasteiger partial charge in [-0.2, -0.15) is 5.10 Å². The Morgan fingerprint density at radius 1 is 1.18 bits per heavy atom. The van der Waals surface area contributed by atoms with Gasteiger partial charge in [0, 0.05) is 23.4 Å². The first-order valence-electron chi connectivity index (χ1n) is 8.58. The van der Waals surface area contributed by atoms with Crippen molar-refractivity contribution < 1.29 is 18.7 Å². The minimum absolute atomic E-state index is 0.119. The van der Waals surface area contributed by atoms with E-state index in [0.29, 0.717) is 23.7 Å². The van der Waals surface area contributed by atoms with E-state index in [1.807, 2.05) is 31.2 Å². The van der Waals surface area contributed by atoms with Gasteiger partial charge < -0.3 is 19.8 Å². The van der Waals surface area contributed by atoms with E-state index in [1.54, 1.807) is 23.0 Å². The number of halogens is 1. The molecule has 2 N–H and O–H groups in total. The van der Waals surface area contributed by atoms with E-state index < -0.39 is 5.91 Å². The van der Waals surface area contributed by atoms with E-state index in [1.165, 1.54) is 7.05 Å². The van der Waals surface area contributed by atoms with Crippen molar-refractivity contribution in [1.29, 1.82) is 0 Å². The summed E-state index contributed by atoms with van der Waals surface area (Å²) in [5, 5.41) is 9.34. The molecule has 0 unspecified atom stereocenters. The summed E-state index contributed by atoms with van der Waals surface area (Å²) < 4.78 is 13.9. The molecule has 0 atom stereocenters. The number of hydrogen-bond donors (Lipinski definition) is 2. The number of benzene rings is 1. The van der Waals surface area contributed by atoms with Crippen LogP contribution in [0.15, 0.2) is 47.0 Å². The largest absolute Gasteiger partial charge is 0.486 e. The Morgan fingerprint density at radius 3 is 2.61 bits per heavy atom. The van der Waals surface area contributed by atoms with E-state index in [2.05, 4.69) is 38.3 Å². The number of aromatic nitrogens is 2. The summed E-state index contributed by atoms with van der Waals surface area (Å²) in [5.41, 5.74) is 0.464. The Bertz CT molecular complexity index is 978. The zero-order chi connectivity index (χ0) is 20.1. The minimum Gasteiger partial charge on any atom is -0.486 e. The van der Waals surface area contributed by atoms with Gasteiger partial charge in [0.2, 0.25) is 0 Å². The predicted molar refractivity (Wildman–Crippen MR) is 111 cm³/mol. The predicted octanol–water partition coefficient (Wildman–Crippen LogP) is 3.29. The van der Waals surface area contributed by atoms with E-state index in [9.17, 15) is 9.59 Å². The van der Waals surface area contributed by atoms with Gasteiger partial charge in [-0.25, -0.2) is 0 Å². The van der Waals surface area contributed by atoms with Crippen molar-refractivity contribution in [3.8, 4) is 5.75 Å². The summed E-state index contributed by atoms with van der Waals surface area (Å²) in [6, 6.07) is 10.9. The van der Waals surface area contributed by atoms with Crippen LogP contribution in [0.3, 0.4) is 0 Å². The van der Waals surface area contributed by atoms with Crippen LogP contribution in [0.25, 0.3) is 0 Å². The number of nitrogens with one attached hydrogen (secondary N) is 2. The molecule has 0 aliphatic heterocycles. The fraction of sp³-hybridized carbons (Fsp3) is 0.211. The lowest BCUT2D eigenvalue weighted by atomic mass is 10.3. The van der Waals surface area contributed by atoms with E-state index in [4.69, 9.17) is 9.15 Å². The second kappa shape index (κ2) is 8.91. The van der Waals surface area contributed by atoms with Crippen LogP contribution in [-0.4, -0.2) is 28.6 Å². The molecular formula is C19H19IN4O4. The fourth-order valence-electron chi connectivity index (χ4n) is 2.41. The van der Waals surface area contributed by atoms with E-state index >= 15 is 0 Å². The quantitative estimate of drug-likeness (QED) is 0.492. The molecule has 3 aromatic rings. The molecule has 0 radical (unpaired) electrons. The van der Waals surface area contributed by atoms with Gasteiger partial charge in [0.05, 0.1) is 5.69 Å². The summed E-state index contributed by atoms with van der Waals surface area (Å²) in [5.74, 6) is 0.493. The van der Waals surface area contributed by atoms with Crippen LogP contribution in [0.4, 0.5) is 5.69 Å². The SMILES string of the molecule is CCn1cc(NC(=O)c2ccc(COc3ccc(I)cc3)o2)c(C(=O)NC)n1. The number of aryl methyl sites for hydroxylation is 1. The highest BCUT2D eigenvalue weighted by Crippen LogP contribution is 2.18. The van der Waals surface area contributed by atoms with Crippen LogP contribution in [-0.2, 0) is 13.2 Å². The number of anilines is 1. The molecule has 0 aliphatic rings. The number of carbonyl (C=O) groups is 2. The second-order valence-electron chi connectivity index (χ2n) is 5.79. The molecule has 0 fully saturated rings. The van der Waals surface area contributed by atoms with Gasteiger partial charge in [-0.3, -0.25) is 14.3 Å². The maximum atomic E-state index is 12.5. The highest BCUT2D eigenvalue weighted by atomic mass is 127. The molecule has 0 saturated carbocycles. The molecule has 0 bridgehead atoms. The van der Waals surface area contributed by atoms with Gasteiger partial charge in [0.25, 0.3) is 11.8 Å². The second-order valence-corrected chi connectivity index (χ2v) is 7.03. The van der Waals surface area contributed by atoms with Crippen LogP contribution in [0.2, 0.25) is 0 Å². The van der Waals surface area contributed by atoms with Gasteiger partial charge in [0.1, 0.15) is 18.1 Å². The van der Waals surface area contributed by atoms with Crippen LogP contribution < -0.4 is 15.4 Å². The number of furan rings is 1. The molecule has 3 rings (SSSR count). The molecule has 2 aromatic heterocycles. The lowest BCUT2D eigenvalue weighted by Crippen LogP contribution is -2.21. The molecule has 0 saturated heterocycles. The highest BCUT2D eigenvalue weighted by Gasteiger charge is 2.19. The first kappa shape index (κ1) is 19.9. The van der Waals surface area contributed by atoms with Gasteiger partial charge in [-0.15, -0.1) is 0 Å². The molecule has 146 valence electrons. The summed E-state index contributed by atoms with van der Waals surface area (Å²) in [7, 11) is 1.51. The van der Waals surface area contributed by atoms with Crippen molar-refractivity contribution in [2.45, 2.75) is 20.1 Å². The molecule has 9 heteroatoms. The number of amides is 2. The lowest BCUT2D eigenvalue weighted by Gasteiger charge is -2.04. The minimum atomic E-state index is -0.471. The molecule has 28 heavy (non-hydrogen) atoms. The summed E-state index contributed by atoms with van der Waals surface area (Å²) >= 11 is 2.22. The smallest absolute Gasteiger partial charge is 0.291 e. The third kappa shape index (κ3) is 4.71. The van der Waals surface area contributed by atoms with Crippen LogP contribution in [0.1, 0.15) is 33.7 Å². The Kier molecular flexibility index (Phi) is 6.34. The molecule has 2 heterocycles. The molecule has 0 aliphatic carbocycles. The zero-order valence-electron chi connectivity index (χ0n) is 15.4. The van der Waals surface area contributed by atoms with Crippen molar-refractivity contribution in [3.63, 3.8) is 0 Å². The molecule has 2 amide bonds. The molecule has 0 spiro atoms. The number of ether oxygens (including phenoxy) is 1. The first-order valence-corrected chi connectivity index (χ1v) is 9.66. The standard InChI is InChI=1S/C19H19IN4O4/c1-3-24-10-15(17(23-24)19(26)21-2)22-18(25)16-9-8-14(28-16)11-27-13-6-4-12(20)5-7-13/h4-10H,3,11H2,1-2H3,(H,21,26)(H,22,25). The molecule has 8 nitrogen and oxygen atoms in total. The van der Waals surface area contributed by atoms with Crippen molar-refractivity contribution in [3.05, 3.63) is 63.4 Å². The van der Waals surface area contributed by atoms with Gasteiger partial charge in [-0.1, -0.05) is 0 Å². The van der Waals surface area contributed by atoms with Crippen LogP contribution in [0.5, 0.6) is 5.75 Å². The fourth-order valence-corrected chi connectivity index (χ4v) is 2.77. The van der Waals surface area contributed by atoms with Crippen molar-refractivity contribution in [2.75, 3.05) is 12.4 Å². The monoisotopic (exact) mass is 494 g/mol. The highest BCUT2D eigenvalue weighted by molar-refractivity contribution is 14.1. The van der Waals surface area contributed by atoms with E-state index in [-0.39, 0.29) is 24.0 Å². The van der Waals surface area contributed by atoms with Crippen molar-refractivity contribution in [2.24, 2.45) is 0 Å². The average Bonchev–Trinajstić information content (AvgIpc) is 3.34. The van der Waals surface area contributed by atoms with Crippen molar-refractivity contribution in [1.82, 2.24) is 15.1 Å². The summed E-state index contributed by atoms with van der Waals surface area (Å²) in [6.45, 7) is 2.66. The molecule has 1 aromatic carbocycles. The maximum absolute atomic E-state index is 12.5. The first-order chi connectivity index (χ1) is 13.5. The lowest BCUT2D eigenvalue weighted by molar-refractivity contribution is 0.0958. The van der Waals surface area contributed by atoms with Gasteiger partial charge in [0.15, 0.2) is 11.5 Å². The summed E-state index contributed by atoms with van der Waals surface area (Å²) in [6.07, 6.45) is 1.60. The Balaban J connectivity index is 1.66. The third-order valence-electron chi connectivity index (χ3n) is 3.86.